The van der Waals surface area contributed by atoms with Crippen LogP contribution in [0.15, 0.2) is 60.7 Å². The first kappa shape index (κ1) is 25.9. The molecular formula is C28H32O6. The van der Waals surface area contributed by atoms with Gasteiger partial charge < -0.3 is 29.2 Å². The van der Waals surface area contributed by atoms with Crippen molar-refractivity contribution in [2.45, 2.75) is 62.7 Å². The average Bonchev–Trinajstić information content (AvgIpc) is 2.87. The molecule has 3 rings (SSSR count). The van der Waals surface area contributed by atoms with Gasteiger partial charge >= 0.3 is 0 Å². The first-order chi connectivity index (χ1) is 16.6. The maximum absolute atomic E-state index is 10.6. The zero-order valence-corrected chi connectivity index (χ0v) is 19.6. The zero-order chi connectivity index (χ0) is 24.2. The monoisotopic (exact) mass is 464 g/mol. The Morgan fingerprint density at radius 3 is 1.38 bits per heavy atom. The maximum Gasteiger partial charge on any atom is 0.155 e. The summed E-state index contributed by atoms with van der Waals surface area (Å²) >= 11 is 0. The molecule has 1 aliphatic rings. The molecule has 2 N–H and O–H groups in total. The lowest BCUT2D eigenvalue weighted by Gasteiger charge is -2.27. The van der Waals surface area contributed by atoms with Crippen molar-refractivity contribution in [2.75, 3.05) is 14.2 Å². The molecule has 0 amide bonds. The summed E-state index contributed by atoms with van der Waals surface area (Å²) < 4.78 is 23.2. The molecule has 0 heterocycles. The molecule has 0 aliphatic heterocycles. The van der Waals surface area contributed by atoms with Crippen molar-refractivity contribution >= 4 is 0 Å². The normalized spacial score (nSPS) is 27.3. The Bertz CT molecular complexity index is 890. The van der Waals surface area contributed by atoms with E-state index in [0.717, 1.165) is 11.1 Å². The standard InChI is InChI=1S/C28H32O6/c1-31-27-17-23(29)13-15-25(33-19-21-9-5-3-6-10-21)26(16-14-24(30)18-28(27)32-2)34-20-22-11-7-4-8-12-22/h3-12,23-30H,17-20H2,1-2H3/t23?,24?,25-,26-,27-,28-/m0/s1. The summed E-state index contributed by atoms with van der Waals surface area (Å²) in [4.78, 5) is 0. The van der Waals surface area contributed by atoms with E-state index in [1.807, 2.05) is 60.7 Å². The average molecular weight is 465 g/mol. The third kappa shape index (κ3) is 8.27. The molecule has 34 heavy (non-hydrogen) atoms. The summed E-state index contributed by atoms with van der Waals surface area (Å²) in [6, 6.07) is 19.5. The molecule has 1 aliphatic carbocycles. The van der Waals surface area contributed by atoms with Gasteiger partial charge in [0.25, 0.3) is 0 Å². The van der Waals surface area contributed by atoms with Gasteiger partial charge in [-0.1, -0.05) is 84.3 Å². The van der Waals surface area contributed by atoms with E-state index >= 15 is 0 Å². The number of rotatable bonds is 8. The van der Waals surface area contributed by atoms with Crippen molar-refractivity contribution in [2.24, 2.45) is 0 Å². The highest BCUT2D eigenvalue weighted by Crippen LogP contribution is 2.17. The number of hydrogen-bond donors (Lipinski definition) is 2. The largest absolute Gasteiger partial charge is 0.380 e. The van der Waals surface area contributed by atoms with Crippen LogP contribution in [0, 0.1) is 23.7 Å². The SMILES string of the molecule is CO[C@H]1CC(O)C#C[C@H](OCc2ccccc2)[C@@H](OCc2ccccc2)C#CC(O)C[C@@H]1OC. The Labute approximate surface area is 201 Å². The van der Waals surface area contributed by atoms with Gasteiger partial charge in [0.05, 0.1) is 25.4 Å². The van der Waals surface area contributed by atoms with E-state index in [0.29, 0.717) is 13.2 Å². The fourth-order valence-corrected chi connectivity index (χ4v) is 3.64. The Hall–Kier alpha value is -2.68. The van der Waals surface area contributed by atoms with Crippen molar-refractivity contribution in [3.63, 3.8) is 0 Å². The van der Waals surface area contributed by atoms with E-state index in [2.05, 4.69) is 23.7 Å². The third-order valence-corrected chi connectivity index (χ3v) is 5.54. The first-order valence-electron chi connectivity index (χ1n) is 11.3. The molecule has 0 radical (unpaired) electrons. The molecule has 2 aromatic carbocycles. The van der Waals surface area contributed by atoms with Crippen molar-refractivity contribution in [3.8, 4) is 23.7 Å². The van der Waals surface area contributed by atoms with Gasteiger partial charge in [-0.15, -0.1) is 0 Å². The minimum absolute atomic E-state index is 0.225. The summed E-state index contributed by atoms with van der Waals surface area (Å²) in [6.07, 6.45) is -3.85. The van der Waals surface area contributed by atoms with E-state index in [1.54, 1.807) is 14.2 Å². The predicted octanol–water partition coefficient (Wildman–Crippen LogP) is 2.71. The smallest absolute Gasteiger partial charge is 0.155 e. The number of benzene rings is 2. The Balaban J connectivity index is 1.87. The van der Waals surface area contributed by atoms with Crippen molar-refractivity contribution in [3.05, 3.63) is 71.8 Å². The maximum atomic E-state index is 10.6. The topological polar surface area (TPSA) is 77.4 Å². The van der Waals surface area contributed by atoms with Gasteiger partial charge in [0.2, 0.25) is 0 Å². The highest BCUT2D eigenvalue weighted by molar-refractivity contribution is 5.22. The number of aliphatic hydroxyl groups excluding tert-OH is 2. The van der Waals surface area contributed by atoms with Crippen molar-refractivity contribution in [1.29, 1.82) is 0 Å². The minimum atomic E-state index is -0.968. The summed E-state index contributed by atoms with van der Waals surface area (Å²) in [5.74, 6) is 11.8. The van der Waals surface area contributed by atoms with Gasteiger partial charge in [-0.2, -0.15) is 0 Å². The molecule has 0 saturated carbocycles. The van der Waals surface area contributed by atoms with Crippen molar-refractivity contribution in [1.82, 2.24) is 0 Å². The Morgan fingerprint density at radius 1 is 0.647 bits per heavy atom. The van der Waals surface area contributed by atoms with Crippen LogP contribution in [0.1, 0.15) is 24.0 Å². The molecule has 0 saturated heterocycles. The molecule has 0 spiro atoms. The van der Waals surface area contributed by atoms with Gasteiger partial charge in [-0.3, -0.25) is 0 Å². The molecule has 2 unspecified atom stereocenters. The molecule has 6 nitrogen and oxygen atoms in total. The van der Waals surface area contributed by atoms with Gasteiger partial charge in [-0.05, 0) is 11.1 Å². The minimum Gasteiger partial charge on any atom is -0.380 e. The lowest BCUT2D eigenvalue weighted by Crippen LogP contribution is -2.36. The first-order valence-corrected chi connectivity index (χ1v) is 11.3. The molecule has 0 bridgehead atoms. The predicted molar refractivity (Wildman–Crippen MR) is 128 cm³/mol. The molecule has 180 valence electrons. The number of methoxy groups -OCH3 is 2. The highest BCUT2D eigenvalue weighted by atomic mass is 16.5. The van der Waals surface area contributed by atoms with Crippen LogP contribution < -0.4 is 0 Å². The van der Waals surface area contributed by atoms with E-state index in [-0.39, 0.29) is 12.8 Å². The van der Waals surface area contributed by atoms with E-state index in [9.17, 15) is 10.2 Å². The molecule has 2 aromatic rings. The van der Waals surface area contributed by atoms with Gasteiger partial charge in [0, 0.05) is 27.1 Å². The molecular weight excluding hydrogens is 432 g/mol. The third-order valence-electron chi connectivity index (χ3n) is 5.54. The summed E-state index contributed by atoms with van der Waals surface area (Å²) in [6.45, 7) is 0.607. The van der Waals surface area contributed by atoms with Crippen LogP contribution in [0.25, 0.3) is 0 Å². The zero-order valence-electron chi connectivity index (χ0n) is 19.6. The summed E-state index contributed by atoms with van der Waals surface area (Å²) in [5, 5.41) is 21.1. The number of aliphatic hydroxyl groups is 2. The number of hydrogen-bond acceptors (Lipinski definition) is 6. The summed E-state index contributed by atoms with van der Waals surface area (Å²) in [7, 11) is 3.08. The summed E-state index contributed by atoms with van der Waals surface area (Å²) in [5.41, 5.74) is 1.96. The van der Waals surface area contributed by atoms with Crippen LogP contribution in [0.4, 0.5) is 0 Å². The molecule has 6 atom stereocenters. The number of ether oxygens (including phenoxy) is 4. The fourth-order valence-electron chi connectivity index (χ4n) is 3.64. The van der Waals surface area contributed by atoms with Crippen LogP contribution in [0.3, 0.4) is 0 Å². The van der Waals surface area contributed by atoms with E-state index in [4.69, 9.17) is 18.9 Å². The van der Waals surface area contributed by atoms with Crippen LogP contribution in [0.5, 0.6) is 0 Å². The fraction of sp³-hybridized carbons (Fsp3) is 0.429. The Kier molecular flexibility index (Phi) is 10.6. The van der Waals surface area contributed by atoms with E-state index in [1.165, 1.54) is 0 Å². The van der Waals surface area contributed by atoms with Crippen molar-refractivity contribution < 1.29 is 29.2 Å². The van der Waals surface area contributed by atoms with Crippen LogP contribution in [0.2, 0.25) is 0 Å². The van der Waals surface area contributed by atoms with Crippen LogP contribution >= 0.6 is 0 Å². The van der Waals surface area contributed by atoms with Crippen LogP contribution in [-0.4, -0.2) is 61.1 Å². The highest BCUT2D eigenvalue weighted by Gasteiger charge is 2.27. The molecule has 0 aromatic heterocycles. The van der Waals surface area contributed by atoms with Crippen LogP contribution in [-0.2, 0) is 32.2 Å². The molecule has 6 heteroatoms. The van der Waals surface area contributed by atoms with E-state index < -0.39 is 36.6 Å². The van der Waals surface area contributed by atoms with Gasteiger partial charge in [0.1, 0.15) is 12.2 Å². The quantitative estimate of drug-likeness (QED) is 0.585. The second-order valence-electron chi connectivity index (χ2n) is 8.06. The second kappa shape index (κ2) is 13.9. The molecule has 0 fully saturated rings. The van der Waals surface area contributed by atoms with Gasteiger partial charge in [-0.25, -0.2) is 0 Å². The van der Waals surface area contributed by atoms with Gasteiger partial charge in [0.15, 0.2) is 12.2 Å². The lowest BCUT2D eigenvalue weighted by molar-refractivity contribution is -0.0644. The Morgan fingerprint density at radius 2 is 1.03 bits per heavy atom. The lowest BCUT2D eigenvalue weighted by atomic mass is 10.00. The second-order valence-corrected chi connectivity index (χ2v) is 8.06.